The molecule has 0 aliphatic carbocycles. The number of nitrogens with one attached hydrogen (secondary N) is 1. The van der Waals surface area contributed by atoms with E-state index in [0.717, 1.165) is 37.7 Å². The molecule has 2 amide bonds. The highest BCUT2D eigenvalue weighted by Crippen LogP contribution is 2.29. The van der Waals surface area contributed by atoms with Gasteiger partial charge in [-0.25, -0.2) is 0 Å². The molecule has 0 spiro atoms. The predicted octanol–water partition coefficient (Wildman–Crippen LogP) is 3.90. The van der Waals surface area contributed by atoms with Gasteiger partial charge in [-0.15, -0.1) is 0 Å². The summed E-state index contributed by atoms with van der Waals surface area (Å²) in [5.74, 6) is 0.332. The van der Waals surface area contributed by atoms with Crippen molar-refractivity contribution in [3.8, 4) is 11.5 Å². The molecular formula is C27H31N3O6. The molecule has 1 fully saturated rings. The Morgan fingerprint density at radius 3 is 2.36 bits per heavy atom. The summed E-state index contributed by atoms with van der Waals surface area (Å²) >= 11 is 0. The van der Waals surface area contributed by atoms with E-state index < -0.39 is 5.91 Å². The Hall–Kier alpha value is -4.01. The molecule has 0 atom stereocenters. The highest BCUT2D eigenvalue weighted by molar-refractivity contribution is 6.03. The van der Waals surface area contributed by atoms with Crippen LogP contribution < -0.4 is 25.1 Å². The molecule has 9 heteroatoms. The van der Waals surface area contributed by atoms with Crippen molar-refractivity contribution < 1.29 is 23.5 Å². The number of anilines is 2. The fourth-order valence-electron chi connectivity index (χ4n) is 4.27. The van der Waals surface area contributed by atoms with Gasteiger partial charge in [0.2, 0.25) is 5.91 Å². The summed E-state index contributed by atoms with van der Waals surface area (Å²) in [6.07, 6.45) is 2.56. The van der Waals surface area contributed by atoms with Crippen LogP contribution in [0.1, 0.15) is 36.7 Å². The van der Waals surface area contributed by atoms with E-state index in [1.807, 2.05) is 17.0 Å². The molecule has 4 rings (SSSR count). The summed E-state index contributed by atoms with van der Waals surface area (Å²) in [6.45, 7) is 5.02. The van der Waals surface area contributed by atoms with Crippen molar-refractivity contribution in [1.29, 1.82) is 0 Å². The van der Waals surface area contributed by atoms with Gasteiger partial charge in [0.15, 0.2) is 11.2 Å². The lowest BCUT2D eigenvalue weighted by Gasteiger charge is -2.36. The third-order valence-electron chi connectivity index (χ3n) is 6.31. The normalized spacial score (nSPS) is 13.5. The number of hydrogen-bond donors (Lipinski definition) is 1. The van der Waals surface area contributed by atoms with Crippen molar-refractivity contribution in [1.82, 2.24) is 4.90 Å². The number of methoxy groups -OCH3 is 2. The Balaban J connectivity index is 1.42. The largest absolute Gasteiger partial charge is 0.496 e. The number of carbonyl (C=O) groups excluding carboxylic acids is 2. The van der Waals surface area contributed by atoms with E-state index >= 15 is 0 Å². The van der Waals surface area contributed by atoms with Crippen LogP contribution >= 0.6 is 0 Å². The van der Waals surface area contributed by atoms with Gasteiger partial charge < -0.3 is 29.0 Å². The van der Waals surface area contributed by atoms with Crippen LogP contribution in [0.4, 0.5) is 11.4 Å². The Morgan fingerprint density at radius 2 is 1.72 bits per heavy atom. The Bertz CT molecular complexity index is 1290. The molecule has 2 aromatic carbocycles. The van der Waals surface area contributed by atoms with Crippen molar-refractivity contribution in [2.75, 3.05) is 50.6 Å². The van der Waals surface area contributed by atoms with Crippen LogP contribution in [0.25, 0.3) is 11.0 Å². The van der Waals surface area contributed by atoms with Gasteiger partial charge in [-0.3, -0.25) is 14.4 Å². The SMILES string of the molecule is CCCCC(=O)N1CCN(c2ccc(NC(=O)c3cc(=O)c4c(OC)cc(OC)cc4o3)cc2)CC1. The van der Waals surface area contributed by atoms with Crippen LogP contribution in [0, 0.1) is 0 Å². The van der Waals surface area contributed by atoms with Gasteiger partial charge >= 0.3 is 0 Å². The first-order valence-electron chi connectivity index (χ1n) is 12.1. The zero-order valence-corrected chi connectivity index (χ0v) is 20.8. The molecule has 0 unspecified atom stereocenters. The quantitative estimate of drug-likeness (QED) is 0.508. The highest BCUT2D eigenvalue weighted by atomic mass is 16.5. The molecule has 0 bridgehead atoms. The molecule has 9 nitrogen and oxygen atoms in total. The van der Waals surface area contributed by atoms with Crippen molar-refractivity contribution in [3.63, 3.8) is 0 Å². The van der Waals surface area contributed by atoms with Crippen LogP contribution in [0.15, 0.2) is 51.7 Å². The van der Waals surface area contributed by atoms with Gasteiger partial charge in [-0.1, -0.05) is 13.3 Å². The van der Waals surface area contributed by atoms with Crippen LogP contribution in [0.5, 0.6) is 11.5 Å². The molecule has 1 saturated heterocycles. The zero-order valence-electron chi connectivity index (χ0n) is 20.8. The lowest BCUT2D eigenvalue weighted by atomic mass is 10.2. The Morgan fingerprint density at radius 1 is 1.00 bits per heavy atom. The fourth-order valence-corrected chi connectivity index (χ4v) is 4.27. The molecule has 0 radical (unpaired) electrons. The van der Waals surface area contributed by atoms with Crippen molar-refractivity contribution in [2.24, 2.45) is 0 Å². The highest BCUT2D eigenvalue weighted by Gasteiger charge is 2.21. The topological polar surface area (TPSA) is 101 Å². The summed E-state index contributed by atoms with van der Waals surface area (Å²) in [5, 5.41) is 3.02. The number of amides is 2. The number of hydrogen-bond acceptors (Lipinski definition) is 7. The lowest BCUT2D eigenvalue weighted by Crippen LogP contribution is -2.48. The van der Waals surface area contributed by atoms with E-state index in [2.05, 4.69) is 17.1 Å². The van der Waals surface area contributed by atoms with E-state index in [0.29, 0.717) is 36.7 Å². The molecule has 1 aromatic heterocycles. The predicted molar refractivity (Wildman–Crippen MR) is 138 cm³/mol. The smallest absolute Gasteiger partial charge is 0.291 e. The first-order chi connectivity index (χ1) is 17.4. The second kappa shape index (κ2) is 11.2. The number of nitrogens with zero attached hydrogens (tertiary/aromatic N) is 2. The minimum absolute atomic E-state index is 0.115. The number of rotatable bonds is 8. The number of carbonyl (C=O) groups is 2. The maximum atomic E-state index is 12.8. The van der Waals surface area contributed by atoms with E-state index in [1.165, 1.54) is 14.2 Å². The summed E-state index contributed by atoms with van der Waals surface area (Å²) < 4.78 is 16.2. The van der Waals surface area contributed by atoms with Crippen LogP contribution in [0.2, 0.25) is 0 Å². The lowest BCUT2D eigenvalue weighted by molar-refractivity contribution is -0.131. The van der Waals surface area contributed by atoms with E-state index in [-0.39, 0.29) is 28.1 Å². The minimum Gasteiger partial charge on any atom is -0.496 e. The second-order valence-electron chi connectivity index (χ2n) is 8.65. The van der Waals surface area contributed by atoms with Crippen LogP contribution in [-0.4, -0.2) is 57.1 Å². The molecule has 190 valence electrons. The standard InChI is InChI=1S/C27H31N3O6/c1-4-5-6-25(32)30-13-11-29(12-14-30)19-9-7-18(8-10-19)28-27(33)24-17-21(31)26-22(35-3)15-20(34-2)16-23(26)36-24/h7-10,15-17H,4-6,11-14H2,1-3H3,(H,28,33). The average molecular weight is 494 g/mol. The maximum absolute atomic E-state index is 12.8. The van der Waals surface area contributed by atoms with Gasteiger partial charge in [0.1, 0.15) is 22.5 Å². The minimum atomic E-state index is -0.539. The molecular weight excluding hydrogens is 462 g/mol. The average Bonchev–Trinajstić information content (AvgIpc) is 2.91. The van der Waals surface area contributed by atoms with Crippen molar-refractivity contribution >= 4 is 34.2 Å². The Kier molecular flexibility index (Phi) is 7.77. The molecule has 3 aromatic rings. The van der Waals surface area contributed by atoms with Crippen LogP contribution in [-0.2, 0) is 4.79 Å². The molecule has 2 heterocycles. The number of unbranched alkanes of at least 4 members (excludes halogenated alkanes) is 1. The number of piperazine rings is 1. The van der Waals surface area contributed by atoms with E-state index in [4.69, 9.17) is 13.9 Å². The molecule has 36 heavy (non-hydrogen) atoms. The molecule has 1 aliphatic rings. The van der Waals surface area contributed by atoms with E-state index in [1.54, 1.807) is 24.3 Å². The zero-order chi connectivity index (χ0) is 25.7. The van der Waals surface area contributed by atoms with Gasteiger partial charge in [-0.05, 0) is 30.7 Å². The second-order valence-corrected chi connectivity index (χ2v) is 8.65. The van der Waals surface area contributed by atoms with Crippen molar-refractivity contribution in [3.05, 3.63) is 58.4 Å². The van der Waals surface area contributed by atoms with Gasteiger partial charge in [0.25, 0.3) is 5.91 Å². The van der Waals surface area contributed by atoms with E-state index in [9.17, 15) is 14.4 Å². The summed E-state index contributed by atoms with van der Waals surface area (Å²) in [6, 6.07) is 11.7. The maximum Gasteiger partial charge on any atom is 0.291 e. The first-order valence-corrected chi connectivity index (χ1v) is 12.1. The summed E-state index contributed by atoms with van der Waals surface area (Å²) in [7, 11) is 2.94. The van der Waals surface area contributed by atoms with Gasteiger partial charge in [0, 0.05) is 62.2 Å². The first kappa shape index (κ1) is 25.1. The monoisotopic (exact) mass is 493 g/mol. The molecule has 1 aliphatic heterocycles. The Labute approximate surface area is 209 Å². The third-order valence-corrected chi connectivity index (χ3v) is 6.31. The number of benzene rings is 2. The molecule has 1 N–H and O–H groups in total. The van der Waals surface area contributed by atoms with Gasteiger partial charge in [-0.2, -0.15) is 0 Å². The third kappa shape index (κ3) is 5.45. The summed E-state index contributed by atoms with van der Waals surface area (Å²) in [5.41, 5.74) is 1.41. The summed E-state index contributed by atoms with van der Waals surface area (Å²) in [4.78, 5) is 41.9. The van der Waals surface area contributed by atoms with Gasteiger partial charge in [0.05, 0.1) is 14.2 Å². The fraction of sp³-hybridized carbons (Fsp3) is 0.370. The van der Waals surface area contributed by atoms with Crippen LogP contribution in [0.3, 0.4) is 0 Å². The molecule has 0 saturated carbocycles. The number of ether oxygens (including phenoxy) is 2. The number of fused-ring (bicyclic) bond motifs is 1. The van der Waals surface area contributed by atoms with Crippen molar-refractivity contribution in [2.45, 2.75) is 26.2 Å².